The van der Waals surface area contributed by atoms with Crippen LogP contribution in [0.1, 0.15) is 18.3 Å². The monoisotopic (exact) mass is 174 g/mol. The summed E-state index contributed by atoms with van der Waals surface area (Å²) >= 11 is 0. The molecule has 2 nitrogen and oxygen atoms in total. The number of fused-ring (bicyclic) bond motifs is 1. The van der Waals surface area contributed by atoms with Crippen LogP contribution in [0.3, 0.4) is 0 Å². The van der Waals surface area contributed by atoms with E-state index in [-0.39, 0.29) is 0 Å². The van der Waals surface area contributed by atoms with Crippen molar-refractivity contribution in [3.63, 3.8) is 0 Å². The van der Waals surface area contributed by atoms with Gasteiger partial charge in [-0.2, -0.15) is 0 Å². The van der Waals surface area contributed by atoms with Crippen molar-refractivity contribution in [3.05, 3.63) is 29.6 Å². The SMILES string of the molecule is CCc1ccc2c(cc(C)n2C)n1. The minimum absolute atomic E-state index is 1.00. The number of aromatic nitrogens is 2. The molecule has 0 N–H and O–H groups in total. The fourth-order valence-electron chi connectivity index (χ4n) is 1.58. The van der Waals surface area contributed by atoms with Crippen LogP contribution >= 0.6 is 0 Å². The van der Waals surface area contributed by atoms with Crippen LogP contribution in [-0.4, -0.2) is 9.55 Å². The first-order chi connectivity index (χ1) is 6.22. The molecule has 13 heavy (non-hydrogen) atoms. The van der Waals surface area contributed by atoms with E-state index in [1.54, 1.807) is 0 Å². The van der Waals surface area contributed by atoms with Gasteiger partial charge in [0.1, 0.15) is 0 Å². The van der Waals surface area contributed by atoms with Gasteiger partial charge in [0.2, 0.25) is 0 Å². The highest BCUT2D eigenvalue weighted by Gasteiger charge is 2.02. The summed E-state index contributed by atoms with van der Waals surface area (Å²) in [5.74, 6) is 0. The van der Waals surface area contributed by atoms with Gasteiger partial charge in [0.15, 0.2) is 0 Å². The average Bonchev–Trinajstić information content (AvgIpc) is 2.42. The molecule has 0 amide bonds. The van der Waals surface area contributed by atoms with Gasteiger partial charge in [0.25, 0.3) is 0 Å². The Morgan fingerprint density at radius 3 is 2.85 bits per heavy atom. The number of nitrogens with zero attached hydrogens (tertiary/aromatic N) is 2. The maximum absolute atomic E-state index is 4.55. The van der Waals surface area contributed by atoms with Gasteiger partial charge in [-0.1, -0.05) is 6.92 Å². The minimum atomic E-state index is 1.00. The van der Waals surface area contributed by atoms with Gasteiger partial charge in [-0.05, 0) is 31.5 Å². The van der Waals surface area contributed by atoms with Crippen LogP contribution in [0.2, 0.25) is 0 Å². The highest BCUT2D eigenvalue weighted by atomic mass is 15.0. The predicted octanol–water partition coefficient (Wildman–Crippen LogP) is 2.44. The molecule has 68 valence electrons. The molecule has 0 bridgehead atoms. The fraction of sp³-hybridized carbons (Fsp3) is 0.364. The molecule has 0 aliphatic rings. The van der Waals surface area contributed by atoms with Crippen molar-refractivity contribution in [1.29, 1.82) is 0 Å². The summed E-state index contributed by atoms with van der Waals surface area (Å²) in [6.45, 7) is 4.23. The number of hydrogen-bond acceptors (Lipinski definition) is 1. The molecular weight excluding hydrogens is 160 g/mol. The molecule has 0 fully saturated rings. The Kier molecular flexibility index (Phi) is 1.83. The third-order valence-electron chi connectivity index (χ3n) is 2.56. The Bertz CT molecular complexity index is 441. The van der Waals surface area contributed by atoms with E-state index >= 15 is 0 Å². The highest BCUT2D eigenvalue weighted by molar-refractivity contribution is 5.77. The van der Waals surface area contributed by atoms with Crippen LogP contribution in [0.15, 0.2) is 18.2 Å². The smallest absolute Gasteiger partial charge is 0.0886 e. The van der Waals surface area contributed by atoms with Gasteiger partial charge in [-0.3, -0.25) is 4.98 Å². The summed E-state index contributed by atoms with van der Waals surface area (Å²) < 4.78 is 2.17. The van der Waals surface area contributed by atoms with Crippen molar-refractivity contribution < 1.29 is 0 Å². The first-order valence-corrected chi connectivity index (χ1v) is 4.64. The zero-order chi connectivity index (χ0) is 9.42. The van der Waals surface area contributed by atoms with Crippen LogP contribution < -0.4 is 0 Å². The standard InChI is InChI=1S/C11H14N2/c1-4-9-5-6-11-10(12-9)7-8(2)13(11)3/h5-7H,4H2,1-3H3. The average molecular weight is 174 g/mol. The second kappa shape index (κ2) is 2.87. The number of pyridine rings is 1. The topological polar surface area (TPSA) is 17.8 Å². The van der Waals surface area contributed by atoms with Crippen molar-refractivity contribution in [2.45, 2.75) is 20.3 Å². The van der Waals surface area contributed by atoms with Gasteiger partial charge in [0, 0.05) is 18.4 Å². The van der Waals surface area contributed by atoms with Crippen LogP contribution in [-0.2, 0) is 13.5 Å². The van der Waals surface area contributed by atoms with E-state index in [1.807, 2.05) is 0 Å². The number of aryl methyl sites for hydroxylation is 3. The van der Waals surface area contributed by atoms with E-state index in [0.717, 1.165) is 17.6 Å². The molecule has 0 aliphatic heterocycles. The van der Waals surface area contributed by atoms with Crippen molar-refractivity contribution in [3.8, 4) is 0 Å². The summed E-state index contributed by atoms with van der Waals surface area (Å²) in [7, 11) is 2.07. The van der Waals surface area contributed by atoms with Gasteiger partial charge < -0.3 is 4.57 Å². The van der Waals surface area contributed by atoms with Crippen LogP contribution in [0.5, 0.6) is 0 Å². The zero-order valence-electron chi connectivity index (χ0n) is 8.33. The van der Waals surface area contributed by atoms with E-state index in [2.05, 4.69) is 48.6 Å². The second-order valence-corrected chi connectivity index (χ2v) is 3.41. The largest absolute Gasteiger partial charge is 0.347 e. The van der Waals surface area contributed by atoms with Crippen LogP contribution in [0.4, 0.5) is 0 Å². The third kappa shape index (κ3) is 1.22. The predicted molar refractivity (Wildman–Crippen MR) is 54.8 cm³/mol. The molecule has 2 aromatic rings. The van der Waals surface area contributed by atoms with Crippen molar-refractivity contribution in [1.82, 2.24) is 9.55 Å². The maximum Gasteiger partial charge on any atom is 0.0886 e. The summed E-state index contributed by atoms with van der Waals surface area (Å²) in [5, 5.41) is 0. The quantitative estimate of drug-likeness (QED) is 0.649. The summed E-state index contributed by atoms with van der Waals surface area (Å²) in [6.07, 6.45) is 1.00. The lowest BCUT2D eigenvalue weighted by Crippen LogP contribution is -1.90. The molecule has 2 heteroatoms. The van der Waals surface area contributed by atoms with Crippen molar-refractivity contribution in [2.24, 2.45) is 7.05 Å². The molecular formula is C11H14N2. The number of rotatable bonds is 1. The first kappa shape index (κ1) is 8.30. The molecule has 0 aromatic carbocycles. The fourth-order valence-corrected chi connectivity index (χ4v) is 1.58. The molecule has 2 aromatic heterocycles. The van der Waals surface area contributed by atoms with E-state index in [0.29, 0.717) is 0 Å². The van der Waals surface area contributed by atoms with Crippen molar-refractivity contribution >= 4 is 11.0 Å². The molecule has 0 unspecified atom stereocenters. The molecule has 0 aliphatic carbocycles. The second-order valence-electron chi connectivity index (χ2n) is 3.41. The molecule has 2 heterocycles. The zero-order valence-corrected chi connectivity index (χ0v) is 8.33. The Hall–Kier alpha value is -1.31. The summed E-state index contributed by atoms with van der Waals surface area (Å²) in [6, 6.07) is 6.38. The molecule has 0 saturated carbocycles. The molecule has 0 saturated heterocycles. The molecule has 0 radical (unpaired) electrons. The maximum atomic E-state index is 4.55. The normalized spacial score (nSPS) is 11.0. The van der Waals surface area contributed by atoms with Gasteiger partial charge in [-0.25, -0.2) is 0 Å². The lowest BCUT2D eigenvalue weighted by atomic mass is 10.2. The molecule has 0 atom stereocenters. The number of hydrogen-bond donors (Lipinski definition) is 0. The first-order valence-electron chi connectivity index (χ1n) is 4.64. The lowest BCUT2D eigenvalue weighted by Gasteiger charge is -1.99. The van der Waals surface area contributed by atoms with Crippen molar-refractivity contribution in [2.75, 3.05) is 0 Å². The Labute approximate surface area is 78.2 Å². The summed E-state index contributed by atoms with van der Waals surface area (Å²) in [5.41, 5.74) is 4.75. The highest BCUT2D eigenvalue weighted by Crippen LogP contribution is 2.16. The molecule has 2 rings (SSSR count). The van der Waals surface area contributed by atoms with E-state index in [1.165, 1.54) is 11.2 Å². The van der Waals surface area contributed by atoms with Crippen LogP contribution in [0, 0.1) is 6.92 Å². The Morgan fingerprint density at radius 2 is 2.15 bits per heavy atom. The Morgan fingerprint density at radius 1 is 1.38 bits per heavy atom. The summed E-state index contributed by atoms with van der Waals surface area (Å²) in [4.78, 5) is 4.55. The minimum Gasteiger partial charge on any atom is -0.347 e. The van der Waals surface area contributed by atoms with Gasteiger partial charge in [0.05, 0.1) is 11.0 Å². The van der Waals surface area contributed by atoms with Crippen LogP contribution in [0.25, 0.3) is 11.0 Å². The van der Waals surface area contributed by atoms with Gasteiger partial charge in [-0.15, -0.1) is 0 Å². The third-order valence-corrected chi connectivity index (χ3v) is 2.56. The lowest BCUT2D eigenvalue weighted by molar-refractivity contribution is 0.916. The van der Waals surface area contributed by atoms with E-state index < -0.39 is 0 Å². The van der Waals surface area contributed by atoms with E-state index in [4.69, 9.17) is 0 Å². The van der Waals surface area contributed by atoms with Gasteiger partial charge >= 0.3 is 0 Å². The molecule has 0 spiro atoms. The van der Waals surface area contributed by atoms with E-state index in [9.17, 15) is 0 Å². The Balaban J connectivity index is 2.73.